The van der Waals surface area contributed by atoms with Gasteiger partial charge in [-0.05, 0) is 19.1 Å². The average Bonchev–Trinajstić information content (AvgIpc) is 3.28. The monoisotopic (exact) mass is 493 g/mol. The second-order valence-corrected chi connectivity index (χ2v) is 8.83. The number of piperazine rings is 1. The van der Waals surface area contributed by atoms with Crippen molar-refractivity contribution in [1.29, 1.82) is 0 Å². The van der Waals surface area contributed by atoms with Crippen LogP contribution >= 0.6 is 34.8 Å². The van der Waals surface area contributed by atoms with Crippen LogP contribution in [0.5, 0.6) is 0 Å². The van der Waals surface area contributed by atoms with Gasteiger partial charge in [0.05, 0.1) is 33.3 Å². The van der Waals surface area contributed by atoms with Gasteiger partial charge in [-0.3, -0.25) is 14.6 Å². The molecule has 2 heterocycles. The van der Waals surface area contributed by atoms with Gasteiger partial charge in [-0.25, -0.2) is 0 Å². The minimum absolute atomic E-state index is 0.00838. The highest BCUT2D eigenvalue weighted by Gasteiger charge is 2.27. The van der Waals surface area contributed by atoms with Crippen LogP contribution in [0.3, 0.4) is 0 Å². The Morgan fingerprint density at radius 2 is 1.75 bits per heavy atom. The maximum atomic E-state index is 12.5. The molecule has 0 radical (unpaired) electrons. The molecule has 168 valence electrons. The van der Waals surface area contributed by atoms with Crippen molar-refractivity contribution in [2.24, 2.45) is 0 Å². The van der Waals surface area contributed by atoms with Crippen molar-refractivity contribution >= 4 is 46.4 Å². The number of amides is 1. The molecule has 1 aliphatic rings. The first kappa shape index (κ1) is 23.0. The molecule has 3 aromatic rings. The lowest BCUT2D eigenvalue weighted by Crippen LogP contribution is -2.49. The molecule has 0 saturated carbocycles. The van der Waals surface area contributed by atoms with Crippen LogP contribution in [-0.4, -0.2) is 58.6 Å². The number of hydrogen-bond donors (Lipinski definition) is 1. The minimum atomic E-state index is -0.156. The van der Waals surface area contributed by atoms with Crippen LogP contribution in [0.15, 0.2) is 47.0 Å². The number of hydrogen-bond acceptors (Lipinski definition) is 6. The van der Waals surface area contributed by atoms with Crippen molar-refractivity contribution in [1.82, 2.24) is 19.9 Å². The van der Waals surface area contributed by atoms with Gasteiger partial charge >= 0.3 is 0 Å². The summed E-state index contributed by atoms with van der Waals surface area (Å²) in [5, 5.41) is 7.94. The van der Waals surface area contributed by atoms with Crippen LogP contribution < -0.4 is 5.32 Å². The standard InChI is InChI=1S/C22H22Cl3N5O2/c1-14(22-27-21(28-32-22)15-5-3-2-4-6-15)30-9-7-29(8-10-30)13-20(31)26-19-12-17(24)16(23)11-18(19)25/h2-6,11-12,14H,7-10,13H2,1H3,(H,26,31). The fraction of sp³-hybridized carbons (Fsp3) is 0.318. The Bertz CT molecular complexity index is 1080. The Morgan fingerprint density at radius 3 is 2.47 bits per heavy atom. The highest BCUT2D eigenvalue weighted by molar-refractivity contribution is 6.44. The molecular formula is C22H22Cl3N5O2. The number of nitrogens with zero attached hydrogens (tertiary/aromatic N) is 4. The van der Waals surface area contributed by atoms with Crippen LogP contribution in [0.2, 0.25) is 15.1 Å². The van der Waals surface area contributed by atoms with Gasteiger partial charge < -0.3 is 9.84 Å². The van der Waals surface area contributed by atoms with E-state index in [1.54, 1.807) is 6.07 Å². The number of rotatable bonds is 6. The highest BCUT2D eigenvalue weighted by Crippen LogP contribution is 2.32. The Morgan fingerprint density at radius 1 is 1.06 bits per heavy atom. The van der Waals surface area contributed by atoms with E-state index in [-0.39, 0.29) is 18.5 Å². The summed E-state index contributed by atoms with van der Waals surface area (Å²) in [6.07, 6.45) is 0. The van der Waals surface area contributed by atoms with Crippen molar-refractivity contribution in [3.05, 3.63) is 63.4 Å². The zero-order valence-corrected chi connectivity index (χ0v) is 19.7. The van der Waals surface area contributed by atoms with E-state index in [9.17, 15) is 4.79 Å². The quantitative estimate of drug-likeness (QED) is 0.485. The van der Waals surface area contributed by atoms with Crippen LogP contribution in [0.4, 0.5) is 5.69 Å². The molecule has 32 heavy (non-hydrogen) atoms. The summed E-state index contributed by atoms with van der Waals surface area (Å²) < 4.78 is 5.51. The number of aromatic nitrogens is 2. The van der Waals surface area contributed by atoms with Gasteiger partial charge in [-0.15, -0.1) is 0 Å². The summed E-state index contributed by atoms with van der Waals surface area (Å²) >= 11 is 18.1. The number of anilines is 1. The zero-order chi connectivity index (χ0) is 22.7. The molecule has 1 N–H and O–H groups in total. The Hall–Kier alpha value is -2.16. The second kappa shape index (κ2) is 10.2. The molecule has 1 amide bonds. The predicted molar refractivity (Wildman–Crippen MR) is 126 cm³/mol. The van der Waals surface area contributed by atoms with Gasteiger partial charge in [-0.2, -0.15) is 4.98 Å². The van der Waals surface area contributed by atoms with E-state index >= 15 is 0 Å². The highest BCUT2D eigenvalue weighted by atomic mass is 35.5. The lowest BCUT2D eigenvalue weighted by molar-refractivity contribution is -0.117. The summed E-state index contributed by atoms with van der Waals surface area (Å²) in [7, 11) is 0. The first-order valence-corrected chi connectivity index (χ1v) is 11.3. The molecule has 1 unspecified atom stereocenters. The van der Waals surface area contributed by atoms with E-state index in [2.05, 4.69) is 32.2 Å². The summed E-state index contributed by atoms with van der Waals surface area (Å²) in [4.78, 5) is 21.4. The van der Waals surface area contributed by atoms with Crippen molar-refractivity contribution in [3.63, 3.8) is 0 Å². The van der Waals surface area contributed by atoms with Crippen LogP contribution in [0.25, 0.3) is 11.4 Å². The molecule has 1 atom stereocenters. The maximum Gasteiger partial charge on any atom is 0.244 e. The Balaban J connectivity index is 1.29. The van der Waals surface area contributed by atoms with E-state index < -0.39 is 0 Å². The van der Waals surface area contributed by atoms with Gasteiger partial charge in [0, 0.05) is 31.7 Å². The molecule has 0 spiro atoms. The van der Waals surface area contributed by atoms with Crippen molar-refractivity contribution in [2.45, 2.75) is 13.0 Å². The third-order valence-electron chi connectivity index (χ3n) is 5.44. The summed E-state index contributed by atoms with van der Waals surface area (Å²) in [6, 6.07) is 12.8. The summed E-state index contributed by atoms with van der Waals surface area (Å²) in [6.45, 7) is 5.36. The third-order valence-corrected chi connectivity index (χ3v) is 6.47. The molecule has 10 heteroatoms. The fourth-order valence-electron chi connectivity index (χ4n) is 3.59. The topological polar surface area (TPSA) is 74.5 Å². The van der Waals surface area contributed by atoms with Gasteiger partial charge in [-0.1, -0.05) is 70.3 Å². The molecule has 7 nitrogen and oxygen atoms in total. The van der Waals surface area contributed by atoms with E-state index in [0.717, 1.165) is 31.7 Å². The molecule has 4 rings (SSSR count). The molecule has 1 aliphatic heterocycles. The van der Waals surface area contributed by atoms with Crippen molar-refractivity contribution in [2.75, 3.05) is 38.0 Å². The Labute approximate surface area is 201 Å². The molecule has 0 aliphatic carbocycles. The molecule has 1 fully saturated rings. The fourth-order valence-corrected chi connectivity index (χ4v) is 4.18. The lowest BCUT2D eigenvalue weighted by Gasteiger charge is -2.36. The van der Waals surface area contributed by atoms with Crippen molar-refractivity contribution in [3.8, 4) is 11.4 Å². The molecule has 0 bridgehead atoms. The largest absolute Gasteiger partial charge is 0.337 e. The number of nitrogens with one attached hydrogen (secondary N) is 1. The summed E-state index contributed by atoms with van der Waals surface area (Å²) in [5.74, 6) is 1.02. The van der Waals surface area contributed by atoms with Gasteiger partial charge in [0.1, 0.15) is 0 Å². The first-order valence-electron chi connectivity index (χ1n) is 10.2. The van der Waals surface area contributed by atoms with Gasteiger partial charge in [0.2, 0.25) is 17.6 Å². The number of carbonyl (C=O) groups is 1. The van der Waals surface area contributed by atoms with Crippen molar-refractivity contribution < 1.29 is 9.32 Å². The van der Waals surface area contributed by atoms with E-state index in [1.807, 2.05) is 30.3 Å². The molecular weight excluding hydrogens is 473 g/mol. The normalized spacial score (nSPS) is 16.1. The van der Waals surface area contributed by atoms with E-state index in [4.69, 9.17) is 39.3 Å². The maximum absolute atomic E-state index is 12.5. The lowest BCUT2D eigenvalue weighted by atomic mass is 10.2. The number of carbonyl (C=O) groups excluding carboxylic acids is 1. The molecule has 1 aromatic heterocycles. The van der Waals surface area contributed by atoms with Gasteiger partial charge in [0.15, 0.2) is 0 Å². The Kier molecular flexibility index (Phi) is 7.33. The smallest absolute Gasteiger partial charge is 0.244 e. The second-order valence-electron chi connectivity index (χ2n) is 7.60. The van der Waals surface area contributed by atoms with Crippen LogP contribution in [0, 0.1) is 0 Å². The van der Waals surface area contributed by atoms with Crippen LogP contribution in [-0.2, 0) is 4.79 Å². The summed E-state index contributed by atoms with van der Waals surface area (Å²) in [5.41, 5.74) is 1.37. The first-order chi connectivity index (χ1) is 15.4. The number of benzene rings is 2. The van der Waals surface area contributed by atoms with E-state index in [0.29, 0.717) is 32.5 Å². The molecule has 1 saturated heterocycles. The average molecular weight is 495 g/mol. The third kappa shape index (κ3) is 5.42. The van der Waals surface area contributed by atoms with E-state index in [1.165, 1.54) is 6.07 Å². The predicted octanol–water partition coefficient (Wildman–Crippen LogP) is 5.01. The zero-order valence-electron chi connectivity index (χ0n) is 17.4. The number of halogens is 3. The minimum Gasteiger partial charge on any atom is -0.337 e. The molecule has 2 aromatic carbocycles. The SMILES string of the molecule is CC(c1nc(-c2ccccc2)no1)N1CCN(CC(=O)Nc2cc(Cl)c(Cl)cc2Cl)CC1. The van der Waals surface area contributed by atoms with Crippen LogP contribution in [0.1, 0.15) is 18.9 Å². The van der Waals surface area contributed by atoms with Gasteiger partial charge in [0.25, 0.3) is 0 Å².